The van der Waals surface area contributed by atoms with Crippen LogP contribution in [0.4, 0.5) is 0 Å². The number of rotatable bonds is 4. The number of para-hydroxylation sites is 1. The molecule has 178 valence electrons. The van der Waals surface area contributed by atoms with Crippen molar-refractivity contribution in [2.24, 2.45) is 24.6 Å². The molecule has 4 aromatic rings. The van der Waals surface area contributed by atoms with Crippen LogP contribution in [-0.2, 0) is 29.5 Å². The number of amides is 2. The monoisotopic (exact) mass is 466 g/mol. The first-order chi connectivity index (χ1) is 16.9. The van der Waals surface area contributed by atoms with Crippen molar-refractivity contribution in [3.05, 3.63) is 77.2 Å². The Hall–Kier alpha value is -3.64. The maximum Gasteiger partial charge on any atom is 0.259 e. The second kappa shape index (κ2) is 7.95. The molecule has 35 heavy (non-hydrogen) atoms. The van der Waals surface area contributed by atoms with E-state index in [-0.39, 0.29) is 17.9 Å². The van der Waals surface area contributed by atoms with Crippen molar-refractivity contribution >= 4 is 39.4 Å². The number of nitrogens with zero attached hydrogens (tertiary/aromatic N) is 2. The number of nitrogens with one attached hydrogen (secondary N) is 1. The number of hydrogen-bond donors (Lipinski definition) is 2. The van der Waals surface area contributed by atoms with Crippen LogP contribution in [0, 0.1) is 11.8 Å². The Labute approximate surface area is 204 Å². The molecule has 3 aromatic heterocycles. The summed E-state index contributed by atoms with van der Waals surface area (Å²) >= 11 is 0. The first-order valence-corrected chi connectivity index (χ1v) is 12.4. The Morgan fingerprint density at radius 3 is 2.51 bits per heavy atom. The third-order valence-corrected chi connectivity index (χ3v) is 7.94. The highest BCUT2D eigenvalue weighted by Crippen LogP contribution is 2.43. The third-order valence-electron chi connectivity index (χ3n) is 7.94. The van der Waals surface area contributed by atoms with Crippen LogP contribution in [-0.4, -0.2) is 26.8 Å². The topological polar surface area (TPSA) is 81.5 Å². The molecule has 6 rings (SSSR count). The Balaban J connectivity index is 1.62. The van der Waals surface area contributed by atoms with E-state index >= 15 is 0 Å². The molecule has 6 heteroatoms. The molecule has 4 heterocycles. The van der Waals surface area contributed by atoms with Crippen molar-refractivity contribution < 1.29 is 9.59 Å². The molecule has 1 aliphatic carbocycles. The number of nitrogens with two attached hydrogens (primary N) is 1. The SMILES string of the molecule is CC(C)[C@H](N)[C@H]1CCc2c(C3=C(c4cn(C)c5ccccc45)C(=O)NC3=O)c3ccccn3c2C1. The Morgan fingerprint density at radius 1 is 1.00 bits per heavy atom. The summed E-state index contributed by atoms with van der Waals surface area (Å²) in [6.07, 6.45) is 6.70. The Bertz CT molecular complexity index is 1550. The molecule has 3 N–H and O–H groups in total. The van der Waals surface area contributed by atoms with Gasteiger partial charge in [0.25, 0.3) is 11.8 Å². The third kappa shape index (κ3) is 3.20. The van der Waals surface area contributed by atoms with Gasteiger partial charge in [0.1, 0.15) is 0 Å². The Kier molecular flexibility index (Phi) is 4.97. The van der Waals surface area contributed by atoms with Crippen molar-refractivity contribution in [1.29, 1.82) is 0 Å². The lowest BCUT2D eigenvalue weighted by Crippen LogP contribution is -2.38. The molecule has 0 radical (unpaired) electrons. The fourth-order valence-corrected chi connectivity index (χ4v) is 6.14. The van der Waals surface area contributed by atoms with Crippen molar-refractivity contribution in [1.82, 2.24) is 14.3 Å². The molecule has 0 fully saturated rings. The van der Waals surface area contributed by atoms with E-state index in [1.807, 2.05) is 54.2 Å². The summed E-state index contributed by atoms with van der Waals surface area (Å²) in [5.74, 6) is 0.143. The van der Waals surface area contributed by atoms with Gasteiger partial charge < -0.3 is 14.7 Å². The normalized spacial score (nSPS) is 19.2. The fraction of sp³-hybridized carbons (Fsp3) is 0.310. The van der Waals surface area contributed by atoms with Gasteiger partial charge in [-0.2, -0.15) is 0 Å². The predicted molar refractivity (Wildman–Crippen MR) is 139 cm³/mol. The first-order valence-electron chi connectivity index (χ1n) is 12.4. The van der Waals surface area contributed by atoms with Crippen molar-refractivity contribution in [2.75, 3.05) is 0 Å². The van der Waals surface area contributed by atoms with E-state index in [1.54, 1.807) is 0 Å². The lowest BCUT2D eigenvalue weighted by molar-refractivity contribution is -0.122. The minimum atomic E-state index is -0.332. The first kappa shape index (κ1) is 21.9. The molecule has 2 atom stereocenters. The zero-order valence-electron chi connectivity index (χ0n) is 20.3. The number of aryl methyl sites for hydroxylation is 1. The summed E-state index contributed by atoms with van der Waals surface area (Å²) < 4.78 is 4.21. The smallest absolute Gasteiger partial charge is 0.259 e. The quantitative estimate of drug-likeness (QED) is 0.445. The van der Waals surface area contributed by atoms with Gasteiger partial charge in [-0.25, -0.2) is 0 Å². The molecular formula is C29H30N4O2. The minimum absolute atomic E-state index is 0.127. The second-order valence-electron chi connectivity index (χ2n) is 10.3. The molecule has 0 saturated heterocycles. The lowest BCUT2D eigenvalue weighted by Gasteiger charge is -2.30. The van der Waals surface area contributed by atoms with Gasteiger partial charge >= 0.3 is 0 Å². The maximum absolute atomic E-state index is 13.4. The maximum atomic E-state index is 13.4. The van der Waals surface area contributed by atoms with E-state index in [2.05, 4.69) is 35.8 Å². The molecule has 6 nitrogen and oxygen atoms in total. The molecule has 0 unspecified atom stereocenters. The van der Waals surface area contributed by atoms with Crippen LogP contribution >= 0.6 is 0 Å². The summed E-state index contributed by atoms with van der Waals surface area (Å²) in [7, 11) is 1.97. The van der Waals surface area contributed by atoms with Crippen LogP contribution in [0.25, 0.3) is 27.6 Å². The van der Waals surface area contributed by atoms with E-state index in [0.717, 1.165) is 46.8 Å². The molecule has 2 aliphatic rings. The number of carbonyl (C=O) groups is 2. The number of pyridine rings is 1. The zero-order valence-corrected chi connectivity index (χ0v) is 20.3. The van der Waals surface area contributed by atoms with Gasteiger partial charge in [0, 0.05) is 53.2 Å². The van der Waals surface area contributed by atoms with E-state index in [9.17, 15) is 9.59 Å². The van der Waals surface area contributed by atoms with Gasteiger partial charge in [-0.3, -0.25) is 14.9 Å². The van der Waals surface area contributed by atoms with Crippen LogP contribution < -0.4 is 11.1 Å². The van der Waals surface area contributed by atoms with Crippen molar-refractivity contribution in [2.45, 2.75) is 39.2 Å². The largest absolute Gasteiger partial charge is 0.350 e. The minimum Gasteiger partial charge on any atom is -0.350 e. The highest BCUT2D eigenvalue weighted by atomic mass is 16.2. The van der Waals surface area contributed by atoms with Gasteiger partial charge in [0.15, 0.2) is 0 Å². The molecule has 0 bridgehead atoms. The summed E-state index contributed by atoms with van der Waals surface area (Å²) in [6.45, 7) is 4.36. The van der Waals surface area contributed by atoms with Gasteiger partial charge in [-0.15, -0.1) is 0 Å². The summed E-state index contributed by atoms with van der Waals surface area (Å²) in [5.41, 5.74) is 13.6. The zero-order chi connectivity index (χ0) is 24.4. The van der Waals surface area contributed by atoms with Gasteiger partial charge in [0.05, 0.1) is 16.7 Å². The van der Waals surface area contributed by atoms with Gasteiger partial charge in [-0.05, 0) is 54.9 Å². The molecule has 2 amide bonds. The van der Waals surface area contributed by atoms with Crippen molar-refractivity contribution in [3.63, 3.8) is 0 Å². The fourth-order valence-electron chi connectivity index (χ4n) is 6.14. The average Bonchev–Trinajstić information content (AvgIpc) is 3.46. The van der Waals surface area contributed by atoms with Crippen LogP contribution in [0.2, 0.25) is 0 Å². The summed E-state index contributed by atoms with van der Waals surface area (Å²) in [6, 6.07) is 14.2. The molecule has 0 saturated carbocycles. The summed E-state index contributed by atoms with van der Waals surface area (Å²) in [5, 5.41) is 3.57. The predicted octanol–water partition coefficient (Wildman–Crippen LogP) is 4.09. The number of hydrogen-bond acceptors (Lipinski definition) is 3. The highest BCUT2D eigenvalue weighted by Gasteiger charge is 2.39. The van der Waals surface area contributed by atoms with E-state index < -0.39 is 0 Å². The van der Waals surface area contributed by atoms with Gasteiger partial charge in [0.2, 0.25) is 0 Å². The number of benzene rings is 1. The van der Waals surface area contributed by atoms with Gasteiger partial charge in [-0.1, -0.05) is 38.1 Å². The van der Waals surface area contributed by atoms with E-state index in [0.29, 0.717) is 23.0 Å². The molecular weight excluding hydrogens is 436 g/mol. The number of aromatic nitrogens is 2. The van der Waals surface area contributed by atoms with E-state index in [1.165, 1.54) is 11.3 Å². The van der Waals surface area contributed by atoms with Crippen LogP contribution in [0.1, 0.15) is 42.7 Å². The molecule has 1 aromatic carbocycles. The van der Waals surface area contributed by atoms with Crippen LogP contribution in [0.15, 0.2) is 54.9 Å². The number of imide groups is 1. The Morgan fingerprint density at radius 2 is 1.71 bits per heavy atom. The average molecular weight is 467 g/mol. The molecule has 0 spiro atoms. The molecule has 1 aliphatic heterocycles. The lowest BCUT2D eigenvalue weighted by atomic mass is 9.78. The van der Waals surface area contributed by atoms with Crippen LogP contribution in [0.5, 0.6) is 0 Å². The number of carbonyl (C=O) groups excluding carboxylic acids is 2. The van der Waals surface area contributed by atoms with Crippen LogP contribution in [0.3, 0.4) is 0 Å². The van der Waals surface area contributed by atoms with Crippen molar-refractivity contribution in [3.8, 4) is 0 Å². The second-order valence-corrected chi connectivity index (χ2v) is 10.3. The number of fused-ring (bicyclic) bond motifs is 4. The highest BCUT2D eigenvalue weighted by molar-refractivity contribution is 6.50. The van der Waals surface area contributed by atoms with E-state index in [4.69, 9.17) is 5.73 Å². The standard InChI is InChI=1S/C29H30N4O2/c1-16(2)27(30)17-11-12-19-23(14-17)33-13-7-6-10-22(33)24(19)26-25(28(34)31-29(26)35)20-15-32(3)21-9-5-4-8-18(20)21/h4-10,13,15-17,27H,11-12,14,30H2,1-3H3,(H,31,34,35)/t17-,27-/m0/s1. The summed E-state index contributed by atoms with van der Waals surface area (Å²) in [4.78, 5) is 26.6.